The van der Waals surface area contributed by atoms with Gasteiger partial charge in [0.25, 0.3) is 0 Å². The number of nitrogens with zero attached hydrogens (tertiary/aromatic N) is 5. The zero-order chi connectivity index (χ0) is 30.8. The molecule has 0 fully saturated rings. The Balaban J connectivity index is 1.80. The average molecular weight is 606 g/mol. The number of alkyl halides is 3. The second-order valence-electron chi connectivity index (χ2n) is 9.43. The molecule has 0 N–H and O–H groups in total. The fourth-order valence-corrected chi connectivity index (χ4v) is 5.24. The molecule has 4 aromatic rings. The molecule has 8 nitrogen and oxygen atoms in total. The minimum absolute atomic E-state index is 0.129. The topological polar surface area (TPSA) is 108 Å². The Morgan fingerprint density at radius 1 is 1.14 bits per heavy atom. The third-order valence-electron chi connectivity index (χ3n) is 6.75. The highest BCUT2D eigenvalue weighted by Crippen LogP contribution is 2.34. The molecule has 0 unspecified atom stereocenters. The van der Waals surface area contributed by atoms with Gasteiger partial charge in [-0.05, 0) is 42.8 Å². The molecular weight excluding hydrogens is 581 g/mol. The van der Waals surface area contributed by atoms with Crippen LogP contribution in [0.5, 0.6) is 0 Å². The maximum Gasteiger partial charge on any atom is 0.419 e. The van der Waals surface area contributed by atoms with E-state index in [4.69, 9.17) is 5.26 Å². The van der Waals surface area contributed by atoms with E-state index in [9.17, 15) is 35.2 Å². The summed E-state index contributed by atoms with van der Waals surface area (Å²) in [4.78, 5) is 23.5. The normalized spacial score (nSPS) is 12.7. The van der Waals surface area contributed by atoms with Gasteiger partial charge in [0.2, 0.25) is 11.7 Å². The molecule has 0 aliphatic carbocycles. The van der Waals surface area contributed by atoms with Crippen LogP contribution in [0.1, 0.15) is 42.3 Å². The molecule has 1 amide bonds. The first kappa shape index (κ1) is 30.6. The van der Waals surface area contributed by atoms with Crippen LogP contribution >= 0.6 is 0 Å². The van der Waals surface area contributed by atoms with Crippen LogP contribution in [0.3, 0.4) is 0 Å². The fraction of sp³-hybridized carbons (Fsp3) is 0.286. The highest BCUT2D eigenvalue weighted by atomic mass is 32.2. The predicted octanol–water partition coefficient (Wildman–Crippen LogP) is 5.13. The van der Waals surface area contributed by atoms with Crippen molar-refractivity contribution in [3.63, 3.8) is 0 Å². The average Bonchev–Trinajstić information content (AvgIpc) is 3.33. The number of benzene rings is 2. The first-order valence-electron chi connectivity index (χ1n) is 12.6. The van der Waals surface area contributed by atoms with E-state index in [0.29, 0.717) is 17.8 Å². The molecule has 0 aliphatic rings. The second kappa shape index (κ2) is 11.8. The Morgan fingerprint density at radius 2 is 1.88 bits per heavy atom. The number of hydrogen-bond donors (Lipinski definition) is 0. The molecule has 2 aromatic heterocycles. The summed E-state index contributed by atoms with van der Waals surface area (Å²) >= 11 is 0. The van der Waals surface area contributed by atoms with Gasteiger partial charge < -0.3 is 4.90 Å². The number of carbonyl (C=O) groups is 1. The first-order chi connectivity index (χ1) is 19.8. The lowest BCUT2D eigenvalue weighted by Gasteiger charge is -2.29. The zero-order valence-electron chi connectivity index (χ0n) is 22.4. The molecule has 0 saturated carbocycles. The first-order valence-corrected chi connectivity index (χ1v) is 14.5. The van der Waals surface area contributed by atoms with E-state index < -0.39 is 57.3 Å². The summed E-state index contributed by atoms with van der Waals surface area (Å²) in [7, 11) is -3.58. The molecule has 220 valence electrons. The number of rotatable bonds is 9. The molecule has 0 radical (unpaired) electrons. The van der Waals surface area contributed by atoms with Crippen molar-refractivity contribution in [2.75, 3.05) is 18.1 Å². The molecule has 0 spiro atoms. The number of amides is 1. The molecule has 14 heteroatoms. The van der Waals surface area contributed by atoms with Crippen LogP contribution in [0, 0.1) is 23.0 Å². The monoisotopic (exact) mass is 605 g/mol. The second-order valence-corrected chi connectivity index (χ2v) is 11.9. The van der Waals surface area contributed by atoms with E-state index in [1.54, 1.807) is 25.3 Å². The third-order valence-corrected chi connectivity index (χ3v) is 8.44. The fourth-order valence-electron chi connectivity index (χ4n) is 4.48. The largest absolute Gasteiger partial charge is 0.419 e. The lowest BCUT2D eigenvalue weighted by molar-refractivity contribution is -0.140. The smallest absolute Gasteiger partial charge is 0.333 e. The molecule has 42 heavy (non-hydrogen) atoms. The van der Waals surface area contributed by atoms with Gasteiger partial charge in [-0.15, -0.1) is 0 Å². The third kappa shape index (κ3) is 6.41. The number of fused-ring (bicyclic) bond motifs is 1. The highest BCUT2D eigenvalue weighted by molar-refractivity contribution is 7.91. The van der Waals surface area contributed by atoms with Gasteiger partial charge in [0.1, 0.15) is 17.7 Å². The Morgan fingerprint density at radius 3 is 2.52 bits per heavy atom. The van der Waals surface area contributed by atoms with Crippen molar-refractivity contribution in [2.24, 2.45) is 0 Å². The zero-order valence-corrected chi connectivity index (χ0v) is 23.2. The van der Waals surface area contributed by atoms with Gasteiger partial charge in [0, 0.05) is 30.3 Å². The maximum atomic E-state index is 14.6. The molecule has 2 aromatic carbocycles. The van der Waals surface area contributed by atoms with Gasteiger partial charge in [0.15, 0.2) is 9.84 Å². The molecular formula is C28H24F5N5O3S. The van der Waals surface area contributed by atoms with E-state index >= 15 is 0 Å². The Hall–Kier alpha value is -4.38. The van der Waals surface area contributed by atoms with Crippen molar-refractivity contribution in [1.82, 2.24) is 19.3 Å². The summed E-state index contributed by atoms with van der Waals surface area (Å²) in [6.07, 6.45) is -2.52. The van der Waals surface area contributed by atoms with Crippen LogP contribution in [0.15, 0.2) is 54.9 Å². The lowest BCUT2D eigenvalue weighted by Crippen LogP contribution is -2.38. The van der Waals surface area contributed by atoms with Crippen LogP contribution in [-0.4, -0.2) is 51.6 Å². The Labute approximate surface area is 238 Å². The van der Waals surface area contributed by atoms with E-state index in [1.165, 1.54) is 29.7 Å². The standard InChI is InChI=1S/C28H24F5N5O3S/c1-3-42(40,41)12-11-37(24(39)14-18-5-8-22(29)21(13-18)28(31,32)33)17(2)25-26(38-10-4-9-35-27(38)36-25)19-6-7-20(16-34)23(30)15-19/h4-10,13,15,17H,3,11-12,14H2,1-2H3/t17-/m1/s1. The number of nitriles is 1. The van der Waals surface area contributed by atoms with Crippen molar-refractivity contribution in [3.8, 4) is 17.3 Å². The van der Waals surface area contributed by atoms with Crippen molar-refractivity contribution in [2.45, 2.75) is 32.5 Å². The maximum absolute atomic E-state index is 14.6. The summed E-state index contributed by atoms with van der Waals surface area (Å²) < 4.78 is 94.6. The van der Waals surface area contributed by atoms with E-state index in [-0.39, 0.29) is 40.5 Å². The van der Waals surface area contributed by atoms with Crippen molar-refractivity contribution in [3.05, 3.63) is 88.9 Å². The van der Waals surface area contributed by atoms with Crippen LogP contribution in [-0.2, 0) is 27.2 Å². The quantitative estimate of drug-likeness (QED) is 0.245. The van der Waals surface area contributed by atoms with E-state index in [2.05, 4.69) is 9.97 Å². The number of hydrogen-bond acceptors (Lipinski definition) is 6. The molecule has 2 heterocycles. The van der Waals surface area contributed by atoms with Crippen LogP contribution in [0.4, 0.5) is 22.0 Å². The number of carbonyl (C=O) groups excluding carboxylic acids is 1. The molecule has 1 atom stereocenters. The van der Waals surface area contributed by atoms with Crippen molar-refractivity contribution < 1.29 is 35.2 Å². The van der Waals surface area contributed by atoms with E-state index in [1.807, 2.05) is 0 Å². The van der Waals surface area contributed by atoms with Gasteiger partial charge >= 0.3 is 6.18 Å². The van der Waals surface area contributed by atoms with Gasteiger partial charge in [-0.2, -0.15) is 18.4 Å². The summed E-state index contributed by atoms with van der Waals surface area (Å²) in [6.45, 7) is 2.66. The van der Waals surface area contributed by atoms with Crippen LogP contribution in [0.25, 0.3) is 17.0 Å². The highest BCUT2D eigenvalue weighted by Gasteiger charge is 2.35. The Bertz CT molecular complexity index is 1800. The molecule has 0 saturated heterocycles. The number of sulfone groups is 1. The SMILES string of the molecule is CCS(=O)(=O)CCN(C(=O)Cc1ccc(F)c(C(F)(F)F)c1)[C@H](C)c1nc2ncccn2c1-c1ccc(C#N)c(F)c1. The predicted molar refractivity (Wildman–Crippen MR) is 143 cm³/mol. The van der Waals surface area contributed by atoms with Gasteiger partial charge in [-0.3, -0.25) is 9.20 Å². The number of halogens is 5. The van der Waals surface area contributed by atoms with E-state index in [0.717, 1.165) is 17.0 Å². The minimum atomic E-state index is -4.99. The van der Waals surface area contributed by atoms with Gasteiger partial charge in [-0.1, -0.05) is 19.1 Å². The van der Waals surface area contributed by atoms with Crippen molar-refractivity contribution >= 4 is 21.5 Å². The summed E-state index contributed by atoms with van der Waals surface area (Å²) in [6, 6.07) is 8.45. The summed E-state index contributed by atoms with van der Waals surface area (Å²) in [5.74, 6) is -3.50. The lowest BCUT2D eigenvalue weighted by atomic mass is 10.0. The summed E-state index contributed by atoms with van der Waals surface area (Å²) in [5.41, 5.74) is -1.05. The van der Waals surface area contributed by atoms with Crippen molar-refractivity contribution in [1.29, 1.82) is 5.26 Å². The van der Waals surface area contributed by atoms with Gasteiger partial charge in [-0.25, -0.2) is 27.2 Å². The number of imidazole rings is 1. The van der Waals surface area contributed by atoms with Gasteiger partial charge in [0.05, 0.1) is 40.7 Å². The Kier molecular flexibility index (Phi) is 8.63. The number of aromatic nitrogens is 3. The van der Waals surface area contributed by atoms with Crippen LogP contribution < -0.4 is 0 Å². The summed E-state index contributed by atoms with van der Waals surface area (Å²) in [5, 5.41) is 9.14. The molecule has 0 bridgehead atoms. The minimum Gasteiger partial charge on any atom is -0.333 e. The molecule has 4 rings (SSSR count). The molecule has 0 aliphatic heterocycles. The van der Waals surface area contributed by atoms with Crippen LogP contribution in [0.2, 0.25) is 0 Å².